The van der Waals surface area contributed by atoms with E-state index in [4.69, 9.17) is 11.5 Å². The van der Waals surface area contributed by atoms with Gasteiger partial charge in [-0.3, -0.25) is 16.5 Å². The number of guanidine groups is 1. The van der Waals surface area contributed by atoms with Crippen LogP contribution in [0.5, 0.6) is 0 Å². The third-order valence-electron chi connectivity index (χ3n) is 1.39. The van der Waals surface area contributed by atoms with Crippen LogP contribution < -0.4 is 16.5 Å². The molecule has 0 saturated heterocycles. The van der Waals surface area contributed by atoms with Gasteiger partial charge in [-0.25, -0.2) is 0 Å². The average Bonchev–Trinajstić information content (AvgIpc) is 2.01. The Hall–Kier alpha value is -0.780. The molecule has 4 heteroatoms. The number of nitrogens with two attached hydrogens (primary N) is 2. The number of hydrogen-bond acceptors (Lipinski definition) is 0. The van der Waals surface area contributed by atoms with Gasteiger partial charge in [-0.1, -0.05) is 12.1 Å². The Morgan fingerprint density at radius 3 is 2.75 bits per heavy atom. The third kappa shape index (κ3) is 3.08. The number of halogens is 1. The van der Waals surface area contributed by atoms with Crippen molar-refractivity contribution in [2.24, 2.45) is 11.5 Å². The van der Waals surface area contributed by atoms with Gasteiger partial charge < -0.3 is 0 Å². The number of rotatable bonds is 2. The van der Waals surface area contributed by atoms with Crippen LogP contribution in [0.1, 0.15) is 5.56 Å². The summed E-state index contributed by atoms with van der Waals surface area (Å²) in [7, 11) is 0. The first-order valence-corrected chi connectivity index (χ1v) is 4.62. The molecule has 0 amide bonds. The molecule has 0 saturated carbocycles. The maximum absolute atomic E-state index is 5.26. The molecule has 0 heterocycles. The zero-order valence-electron chi connectivity index (χ0n) is 6.55. The van der Waals surface area contributed by atoms with Crippen molar-refractivity contribution in [2.75, 3.05) is 0 Å². The minimum atomic E-state index is 0.258. The molecule has 0 spiro atoms. The molecule has 0 fully saturated rings. The molecule has 0 unspecified atom stereocenters. The smallest absolute Gasteiger partial charge is 0.291 e. The lowest BCUT2D eigenvalue weighted by Gasteiger charge is -1.95. The predicted octanol–water partition coefficient (Wildman–Crippen LogP) is -0.855. The van der Waals surface area contributed by atoms with Crippen molar-refractivity contribution in [3.05, 3.63) is 33.4 Å². The van der Waals surface area contributed by atoms with Crippen molar-refractivity contribution in [2.45, 2.75) is 6.54 Å². The van der Waals surface area contributed by atoms with Crippen LogP contribution in [-0.2, 0) is 6.54 Å². The molecule has 0 radical (unpaired) electrons. The Labute approximate surface area is 85.0 Å². The van der Waals surface area contributed by atoms with Crippen LogP contribution in [0.15, 0.2) is 24.3 Å². The molecule has 0 aliphatic carbocycles. The summed E-state index contributed by atoms with van der Waals surface area (Å²) in [5.74, 6) is 0.258. The highest BCUT2D eigenvalue weighted by Crippen LogP contribution is 2.05. The summed E-state index contributed by atoms with van der Waals surface area (Å²) < 4.78 is 1.21. The van der Waals surface area contributed by atoms with Gasteiger partial charge in [0.15, 0.2) is 0 Å². The van der Waals surface area contributed by atoms with E-state index in [1.165, 1.54) is 9.13 Å². The van der Waals surface area contributed by atoms with E-state index in [1.54, 1.807) is 0 Å². The molecule has 0 aromatic heterocycles. The molecule has 1 aromatic carbocycles. The van der Waals surface area contributed by atoms with Crippen molar-refractivity contribution < 1.29 is 4.99 Å². The molecule has 0 aliphatic rings. The van der Waals surface area contributed by atoms with Crippen molar-refractivity contribution in [3.8, 4) is 0 Å². The average molecular weight is 280 g/mol. The Morgan fingerprint density at radius 1 is 1.42 bits per heavy atom. The fourth-order valence-corrected chi connectivity index (χ4v) is 1.46. The standard InChI is InChI=1S/C8H10IN3/c9-7-3-1-2-6(4-7)5-12-8(10)11/h1-4H,5H2,(H4,10,11,12)/p+1/i9+4. The summed E-state index contributed by atoms with van der Waals surface area (Å²) in [6.07, 6.45) is 0. The zero-order chi connectivity index (χ0) is 8.97. The Bertz CT molecular complexity index is 292. The fraction of sp³-hybridized carbons (Fsp3) is 0.125. The minimum Gasteiger partial charge on any atom is -0.291 e. The first-order chi connectivity index (χ1) is 5.68. The number of hydrogen-bond donors (Lipinski definition) is 3. The fourth-order valence-electron chi connectivity index (χ4n) is 0.851. The third-order valence-corrected chi connectivity index (χ3v) is 2.06. The van der Waals surface area contributed by atoms with Crippen molar-refractivity contribution in [1.29, 1.82) is 0 Å². The largest absolute Gasteiger partial charge is 0.339 e. The number of benzene rings is 1. The van der Waals surface area contributed by atoms with E-state index in [2.05, 4.69) is 33.6 Å². The van der Waals surface area contributed by atoms with Gasteiger partial charge in [-0.15, -0.1) is 0 Å². The highest BCUT2D eigenvalue weighted by atomic mass is 131. The first kappa shape index (κ1) is 9.31. The topological polar surface area (TPSA) is 66.0 Å². The van der Waals surface area contributed by atoms with Gasteiger partial charge in [-0.2, -0.15) is 0 Å². The Balaban J connectivity index is 2.70. The monoisotopic (exact) mass is 280 g/mol. The second-order valence-corrected chi connectivity index (χ2v) is 3.68. The van der Waals surface area contributed by atoms with E-state index in [0.717, 1.165) is 0 Å². The summed E-state index contributed by atoms with van der Waals surface area (Å²) in [4.78, 5) is 2.86. The van der Waals surface area contributed by atoms with Crippen LogP contribution in [0.4, 0.5) is 0 Å². The summed E-state index contributed by atoms with van der Waals surface area (Å²) >= 11 is 2.27. The van der Waals surface area contributed by atoms with Crippen LogP contribution in [0.2, 0.25) is 0 Å². The van der Waals surface area contributed by atoms with Crippen LogP contribution in [0, 0.1) is 3.57 Å². The lowest BCUT2D eigenvalue weighted by Crippen LogP contribution is -2.76. The highest BCUT2D eigenvalue weighted by molar-refractivity contribution is 14.1. The first-order valence-electron chi connectivity index (χ1n) is 3.54. The molecule has 64 valence electrons. The van der Waals surface area contributed by atoms with E-state index >= 15 is 0 Å². The van der Waals surface area contributed by atoms with E-state index in [-0.39, 0.29) is 5.96 Å². The summed E-state index contributed by atoms with van der Waals surface area (Å²) in [6, 6.07) is 8.15. The van der Waals surface area contributed by atoms with E-state index < -0.39 is 0 Å². The van der Waals surface area contributed by atoms with Crippen LogP contribution in [0.3, 0.4) is 0 Å². The molecule has 1 aromatic rings. The zero-order valence-corrected chi connectivity index (χ0v) is 8.71. The highest BCUT2D eigenvalue weighted by Gasteiger charge is 1.93. The van der Waals surface area contributed by atoms with Crippen molar-refractivity contribution >= 4 is 28.6 Å². The van der Waals surface area contributed by atoms with Gasteiger partial charge in [0, 0.05) is 3.57 Å². The van der Waals surface area contributed by atoms with E-state index in [0.29, 0.717) is 6.54 Å². The molecule has 12 heavy (non-hydrogen) atoms. The van der Waals surface area contributed by atoms with Gasteiger partial charge in [0.1, 0.15) is 0 Å². The molecule has 1 rings (SSSR count). The van der Waals surface area contributed by atoms with Gasteiger partial charge in [0.05, 0.1) is 6.54 Å². The van der Waals surface area contributed by atoms with Crippen molar-refractivity contribution in [3.63, 3.8) is 0 Å². The number of nitrogens with one attached hydrogen (secondary N) is 1. The van der Waals surface area contributed by atoms with Crippen LogP contribution in [-0.4, -0.2) is 5.96 Å². The maximum atomic E-state index is 5.26. The molecule has 5 N–H and O–H groups in total. The maximum Gasteiger partial charge on any atom is 0.339 e. The van der Waals surface area contributed by atoms with E-state index in [9.17, 15) is 0 Å². The molecular weight excluding hydrogens is 269 g/mol. The molecule has 0 bridgehead atoms. The second-order valence-electron chi connectivity index (χ2n) is 2.44. The lowest BCUT2D eigenvalue weighted by atomic mass is 10.2. The van der Waals surface area contributed by atoms with Crippen LogP contribution in [0.25, 0.3) is 0 Å². The van der Waals surface area contributed by atoms with Gasteiger partial charge in [-0.05, 0) is 40.3 Å². The molecule has 0 aliphatic heterocycles. The molecule has 0 atom stereocenters. The van der Waals surface area contributed by atoms with Gasteiger partial charge in [0.25, 0.3) is 0 Å². The summed E-state index contributed by atoms with van der Waals surface area (Å²) in [5.41, 5.74) is 11.7. The lowest BCUT2D eigenvalue weighted by molar-refractivity contribution is -0.477. The quantitative estimate of drug-likeness (QED) is 0.375. The minimum absolute atomic E-state index is 0.258. The van der Waals surface area contributed by atoms with E-state index in [1.807, 2.05) is 18.2 Å². The summed E-state index contributed by atoms with van der Waals surface area (Å²) in [5, 5.41) is 0. The molecular formula is C8H11IN3+. The summed E-state index contributed by atoms with van der Waals surface area (Å²) in [6.45, 7) is 0.680. The Kier molecular flexibility index (Phi) is 3.33. The Morgan fingerprint density at radius 2 is 2.17 bits per heavy atom. The normalized spacial score (nSPS) is 9.42. The predicted molar refractivity (Wildman–Crippen MR) is 57.2 cm³/mol. The SMILES string of the molecule is NC(N)=[NH+]Cc1cccc([131I])c1. The van der Waals surface area contributed by atoms with Crippen LogP contribution >= 0.6 is 22.6 Å². The second kappa shape index (κ2) is 4.30. The molecule has 3 nitrogen and oxygen atoms in total. The van der Waals surface area contributed by atoms with Gasteiger partial charge in [0.2, 0.25) is 0 Å². The van der Waals surface area contributed by atoms with Gasteiger partial charge >= 0.3 is 5.96 Å². The van der Waals surface area contributed by atoms with Crippen molar-refractivity contribution in [1.82, 2.24) is 0 Å².